The van der Waals surface area contributed by atoms with Crippen LogP contribution in [0.1, 0.15) is 19.4 Å². The molecule has 0 saturated heterocycles. The highest BCUT2D eigenvalue weighted by molar-refractivity contribution is 7.98. The van der Waals surface area contributed by atoms with Crippen molar-refractivity contribution in [3.8, 4) is 5.75 Å². The van der Waals surface area contributed by atoms with Crippen molar-refractivity contribution in [2.24, 2.45) is 5.73 Å². The van der Waals surface area contributed by atoms with Crippen LogP contribution in [0.25, 0.3) is 0 Å². The second kappa shape index (κ2) is 4.90. The molecule has 0 aliphatic rings. The maximum Gasteiger partial charge on any atom is 0.132 e. The monoisotopic (exact) mass is 225 g/mol. The van der Waals surface area contributed by atoms with E-state index in [1.807, 2.05) is 26.0 Å². The Hall–Kier alpha value is -0.670. The van der Waals surface area contributed by atoms with Crippen molar-refractivity contribution >= 4 is 11.8 Å². The molecule has 0 unspecified atom stereocenters. The van der Waals surface area contributed by atoms with E-state index in [1.165, 1.54) is 10.5 Å². The van der Waals surface area contributed by atoms with Crippen molar-refractivity contribution in [3.63, 3.8) is 0 Å². The fraction of sp³-hybridized carbons (Fsp3) is 0.500. The van der Waals surface area contributed by atoms with Crippen molar-refractivity contribution in [2.75, 3.05) is 13.4 Å². The van der Waals surface area contributed by atoms with E-state index in [0.29, 0.717) is 0 Å². The fourth-order valence-electron chi connectivity index (χ4n) is 1.58. The topological polar surface area (TPSA) is 35.2 Å². The lowest BCUT2D eigenvalue weighted by atomic mass is 9.96. The summed E-state index contributed by atoms with van der Waals surface area (Å²) in [6.07, 6.45) is 2.92. The van der Waals surface area contributed by atoms with E-state index in [1.54, 1.807) is 18.9 Å². The summed E-state index contributed by atoms with van der Waals surface area (Å²) in [5.74, 6) is 0.934. The number of ether oxygens (including phenoxy) is 1. The maximum absolute atomic E-state index is 6.03. The highest BCUT2D eigenvalue weighted by Crippen LogP contribution is 2.32. The van der Waals surface area contributed by atoms with Crippen molar-refractivity contribution in [3.05, 3.63) is 23.8 Å². The second-order valence-electron chi connectivity index (χ2n) is 4.32. The van der Waals surface area contributed by atoms with Crippen LogP contribution in [0.2, 0.25) is 0 Å². The fourth-order valence-corrected chi connectivity index (χ4v) is 2.34. The third-order valence-electron chi connectivity index (χ3n) is 2.13. The molecule has 2 nitrogen and oxygen atoms in total. The van der Waals surface area contributed by atoms with Gasteiger partial charge in [0.15, 0.2) is 0 Å². The molecule has 0 amide bonds. The van der Waals surface area contributed by atoms with E-state index in [2.05, 4.69) is 12.3 Å². The van der Waals surface area contributed by atoms with Gasteiger partial charge in [-0.05, 0) is 38.2 Å². The van der Waals surface area contributed by atoms with Gasteiger partial charge in [0.2, 0.25) is 0 Å². The van der Waals surface area contributed by atoms with Crippen molar-refractivity contribution in [1.82, 2.24) is 0 Å². The molecule has 0 spiro atoms. The first-order valence-electron chi connectivity index (χ1n) is 4.96. The number of hydrogen-bond donors (Lipinski definition) is 1. The first-order chi connectivity index (χ1) is 6.98. The molecule has 0 saturated carbocycles. The zero-order chi connectivity index (χ0) is 11.5. The van der Waals surface area contributed by atoms with Crippen LogP contribution in [-0.4, -0.2) is 18.9 Å². The Bertz CT molecular complexity index is 331. The highest BCUT2D eigenvalue weighted by atomic mass is 32.2. The molecular weight excluding hydrogens is 206 g/mol. The molecule has 0 heterocycles. The van der Waals surface area contributed by atoms with Gasteiger partial charge >= 0.3 is 0 Å². The predicted octanol–water partition coefficient (Wildman–Crippen LogP) is 2.70. The molecule has 0 aliphatic carbocycles. The average Bonchev–Trinajstić information content (AvgIpc) is 2.15. The Morgan fingerprint density at radius 3 is 2.53 bits per heavy atom. The Labute approximate surface area is 96.2 Å². The minimum absolute atomic E-state index is 0.184. The van der Waals surface area contributed by atoms with Gasteiger partial charge in [-0.3, -0.25) is 0 Å². The minimum Gasteiger partial charge on any atom is -0.496 e. The molecule has 1 aromatic rings. The minimum atomic E-state index is -0.184. The summed E-state index contributed by atoms with van der Waals surface area (Å²) < 4.78 is 5.33. The lowest BCUT2D eigenvalue weighted by Gasteiger charge is -2.21. The summed E-state index contributed by atoms with van der Waals surface area (Å²) in [5, 5.41) is 0. The molecule has 0 radical (unpaired) electrons. The van der Waals surface area contributed by atoms with Crippen LogP contribution in [0, 0.1) is 0 Å². The van der Waals surface area contributed by atoms with Crippen LogP contribution in [0.5, 0.6) is 5.75 Å². The summed E-state index contributed by atoms with van der Waals surface area (Å²) >= 11 is 1.71. The van der Waals surface area contributed by atoms with Gasteiger partial charge in [-0.15, -0.1) is 11.8 Å². The third-order valence-corrected chi connectivity index (χ3v) is 3.00. The van der Waals surface area contributed by atoms with E-state index >= 15 is 0 Å². The van der Waals surface area contributed by atoms with E-state index in [0.717, 1.165) is 12.2 Å². The molecule has 0 atom stereocenters. The molecule has 84 valence electrons. The zero-order valence-corrected chi connectivity index (χ0v) is 10.6. The van der Waals surface area contributed by atoms with Gasteiger partial charge in [-0.1, -0.05) is 12.1 Å². The van der Waals surface area contributed by atoms with Gasteiger partial charge in [-0.2, -0.15) is 0 Å². The molecule has 15 heavy (non-hydrogen) atoms. The lowest BCUT2D eigenvalue weighted by Crippen LogP contribution is -2.34. The van der Waals surface area contributed by atoms with Crippen molar-refractivity contribution < 1.29 is 4.74 Å². The number of hydrogen-bond acceptors (Lipinski definition) is 3. The molecule has 0 aliphatic heterocycles. The number of thioether (sulfide) groups is 1. The van der Waals surface area contributed by atoms with Gasteiger partial charge in [0, 0.05) is 5.54 Å². The standard InChI is InChI=1S/C12H19NOS/c1-12(2,13)8-9-6-5-7-10(14-3)11(9)15-4/h5-7H,8,13H2,1-4H3. The molecule has 1 aromatic carbocycles. The van der Waals surface area contributed by atoms with Crippen LogP contribution in [0.15, 0.2) is 23.1 Å². The molecule has 0 fully saturated rings. The quantitative estimate of drug-likeness (QED) is 0.800. The van der Waals surface area contributed by atoms with Gasteiger partial charge in [0.25, 0.3) is 0 Å². The van der Waals surface area contributed by atoms with E-state index in [-0.39, 0.29) is 5.54 Å². The number of benzene rings is 1. The van der Waals surface area contributed by atoms with Gasteiger partial charge in [-0.25, -0.2) is 0 Å². The number of nitrogens with two attached hydrogens (primary N) is 1. The van der Waals surface area contributed by atoms with Crippen LogP contribution in [0.3, 0.4) is 0 Å². The molecule has 0 bridgehead atoms. The summed E-state index contributed by atoms with van der Waals surface area (Å²) in [6, 6.07) is 6.11. The first-order valence-corrected chi connectivity index (χ1v) is 6.19. The summed E-state index contributed by atoms with van der Waals surface area (Å²) in [7, 11) is 1.70. The maximum atomic E-state index is 6.03. The molecule has 0 aromatic heterocycles. The first kappa shape index (κ1) is 12.4. The zero-order valence-electron chi connectivity index (χ0n) is 9.83. The normalized spacial score (nSPS) is 11.5. The van der Waals surface area contributed by atoms with Crippen LogP contribution in [0.4, 0.5) is 0 Å². The van der Waals surface area contributed by atoms with Gasteiger partial charge < -0.3 is 10.5 Å². The highest BCUT2D eigenvalue weighted by Gasteiger charge is 2.16. The number of rotatable bonds is 4. The van der Waals surface area contributed by atoms with Gasteiger partial charge in [0.05, 0.1) is 12.0 Å². The summed E-state index contributed by atoms with van der Waals surface area (Å²) in [5.41, 5.74) is 7.11. The van der Waals surface area contributed by atoms with Crippen LogP contribution >= 0.6 is 11.8 Å². The van der Waals surface area contributed by atoms with Crippen molar-refractivity contribution in [1.29, 1.82) is 0 Å². The Morgan fingerprint density at radius 1 is 1.40 bits per heavy atom. The molecule has 3 heteroatoms. The Kier molecular flexibility index (Phi) is 4.05. The average molecular weight is 225 g/mol. The lowest BCUT2D eigenvalue weighted by molar-refractivity contribution is 0.402. The SMILES string of the molecule is COc1cccc(CC(C)(C)N)c1SC. The Morgan fingerprint density at radius 2 is 2.07 bits per heavy atom. The van der Waals surface area contributed by atoms with E-state index in [4.69, 9.17) is 10.5 Å². The van der Waals surface area contributed by atoms with E-state index < -0.39 is 0 Å². The predicted molar refractivity (Wildman–Crippen MR) is 66.7 cm³/mol. The van der Waals surface area contributed by atoms with Crippen molar-refractivity contribution in [2.45, 2.75) is 30.7 Å². The Balaban J connectivity index is 3.06. The largest absolute Gasteiger partial charge is 0.496 e. The summed E-state index contributed by atoms with van der Waals surface area (Å²) in [6.45, 7) is 4.08. The van der Waals surface area contributed by atoms with Crippen LogP contribution in [-0.2, 0) is 6.42 Å². The smallest absolute Gasteiger partial charge is 0.132 e. The molecular formula is C12H19NOS. The molecule has 2 N–H and O–H groups in total. The van der Waals surface area contributed by atoms with E-state index in [9.17, 15) is 0 Å². The van der Waals surface area contributed by atoms with Gasteiger partial charge in [0.1, 0.15) is 5.75 Å². The third kappa shape index (κ3) is 3.43. The summed E-state index contributed by atoms with van der Waals surface area (Å²) in [4.78, 5) is 1.19. The molecule has 1 rings (SSSR count). The second-order valence-corrected chi connectivity index (χ2v) is 5.13. The number of methoxy groups -OCH3 is 1. The van der Waals surface area contributed by atoms with Crippen LogP contribution < -0.4 is 10.5 Å².